The number of nitrogens with one attached hydrogen (secondary N) is 1. The standard InChI is InChI=1S/C18H18N4O2S2/c1-25-18(20-13-19)21-15-10-16(22(23)24)12-17(11-15)26-9-5-8-14-6-3-2-4-7-14/h2-4,6-7,10-12H,5,8-9H2,1H3,(H,20,21). The Morgan fingerprint density at radius 3 is 2.73 bits per heavy atom. The van der Waals surface area contributed by atoms with Gasteiger partial charge in [-0.25, -0.2) is 4.99 Å². The molecule has 0 aliphatic rings. The van der Waals surface area contributed by atoms with Crippen LogP contribution in [0.15, 0.2) is 58.4 Å². The van der Waals surface area contributed by atoms with Gasteiger partial charge in [0.2, 0.25) is 0 Å². The molecular formula is C18H18N4O2S2. The zero-order chi connectivity index (χ0) is 18.8. The van der Waals surface area contributed by atoms with E-state index in [0.29, 0.717) is 10.9 Å². The smallest absolute Gasteiger partial charge is 0.271 e. The molecule has 0 aliphatic carbocycles. The molecule has 0 aromatic heterocycles. The molecule has 0 bridgehead atoms. The molecule has 2 rings (SSSR count). The van der Waals surface area contributed by atoms with E-state index in [2.05, 4.69) is 22.4 Å². The van der Waals surface area contributed by atoms with Crippen molar-refractivity contribution in [2.45, 2.75) is 17.7 Å². The van der Waals surface area contributed by atoms with Gasteiger partial charge >= 0.3 is 0 Å². The molecule has 26 heavy (non-hydrogen) atoms. The van der Waals surface area contributed by atoms with Gasteiger partial charge in [0.15, 0.2) is 11.4 Å². The van der Waals surface area contributed by atoms with E-state index in [0.717, 1.165) is 23.5 Å². The minimum Gasteiger partial charge on any atom is -0.271 e. The number of nitro benzene ring substituents is 1. The molecule has 6 nitrogen and oxygen atoms in total. The summed E-state index contributed by atoms with van der Waals surface area (Å²) < 4.78 is 0. The van der Waals surface area contributed by atoms with Crippen molar-refractivity contribution < 1.29 is 4.92 Å². The quantitative estimate of drug-likeness (QED) is 0.108. The first-order valence-electron chi connectivity index (χ1n) is 7.86. The predicted molar refractivity (Wildman–Crippen MR) is 108 cm³/mol. The normalized spacial score (nSPS) is 11.0. The molecule has 0 fully saturated rings. The Morgan fingerprint density at radius 1 is 1.31 bits per heavy atom. The number of amidine groups is 1. The number of hydrogen-bond acceptors (Lipinski definition) is 6. The average molecular weight is 387 g/mol. The highest BCUT2D eigenvalue weighted by molar-refractivity contribution is 8.13. The first kappa shape index (κ1) is 19.8. The van der Waals surface area contributed by atoms with E-state index >= 15 is 0 Å². The number of benzene rings is 2. The van der Waals surface area contributed by atoms with Gasteiger partial charge in [-0.15, -0.1) is 11.8 Å². The predicted octanol–water partition coefficient (Wildman–Crippen LogP) is 4.74. The first-order valence-corrected chi connectivity index (χ1v) is 10.1. The Labute approximate surface area is 160 Å². The molecule has 2 aromatic carbocycles. The zero-order valence-corrected chi connectivity index (χ0v) is 15.8. The third-order valence-electron chi connectivity index (χ3n) is 3.40. The molecule has 0 unspecified atom stereocenters. The van der Waals surface area contributed by atoms with Crippen LogP contribution in [0.3, 0.4) is 0 Å². The second-order valence-corrected chi connectivity index (χ2v) is 7.20. The van der Waals surface area contributed by atoms with Crippen molar-refractivity contribution in [3.63, 3.8) is 0 Å². The summed E-state index contributed by atoms with van der Waals surface area (Å²) in [4.78, 5) is 15.8. The van der Waals surface area contributed by atoms with Gasteiger partial charge in [-0.1, -0.05) is 42.1 Å². The van der Waals surface area contributed by atoms with Crippen LogP contribution in [0.25, 0.3) is 0 Å². The van der Waals surface area contributed by atoms with Gasteiger partial charge in [0, 0.05) is 17.0 Å². The van der Waals surface area contributed by atoms with Crippen LogP contribution in [0.5, 0.6) is 0 Å². The van der Waals surface area contributed by atoms with Crippen molar-refractivity contribution in [2.24, 2.45) is 4.99 Å². The molecule has 0 saturated heterocycles. The van der Waals surface area contributed by atoms with Crippen molar-refractivity contribution in [1.29, 1.82) is 5.26 Å². The number of aliphatic imine (C=N–C) groups is 1. The Balaban J connectivity index is 2.07. The van der Waals surface area contributed by atoms with Gasteiger partial charge in [0.25, 0.3) is 5.69 Å². The van der Waals surface area contributed by atoms with Crippen LogP contribution in [0, 0.1) is 21.6 Å². The monoisotopic (exact) mass is 386 g/mol. The number of thioether (sulfide) groups is 2. The Morgan fingerprint density at radius 2 is 2.08 bits per heavy atom. The first-order chi connectivity index (χ1) is 12.6. The van der Waals surface area contributed by atoms with E-state index in [1.807, 2.05) is 24.4 Å². The van der Waals surface area contributed by atoms with Crippen LogP contribution in [0.2, 0.25) is 0 Å². The molecule has 0 spiro atoms. The molecule has 0 radical (unpaired) electrons. The van der Waals surface area contributed by atoms with Crippen molar-refractivity contribution in [1.82, 2.24) is 5.32 Å². The van der Waals surface area contributed by atoms with Crippen LogP contribution in [-0.2, 0) is 6.42 Å². The average Bonchev–Trinajstić information content (AvgIpc) is 2.65. The summed E-state index contributed by atoms with van der Waals surface area (Å²) >= 11 is 2.84. The van der Waals surface area contributed by atoms with Crippen LogP contribution in [-0.4, -0.2) is 22.1 Å². The Kier molecular flexibility index (Phi) is 7.99. The number of rotatable bonds is 7. The second-order valence-electron chi connectivity index (χ2n) is 5.24. The molecule has 8 heteroatoms. The van der Waals surface area contributed by atoms with Gasteiger partial charge in [-0.3, -0.25) is 15.4 Å². The molecule has 0 atom stereocenters. The maximum atomic E-state index is 11.2. The number of nitro groups is 1. The van der Waals surface area contributed by atoms with Crippen molar-refractivity contribution in [3.8, 4) is 6.19 Å². The summed E-state index contributed by atoms with van der Waals surface area (Å²) in [6.07, 6.45) is 5.53. The summed E-state index contributed by atoms with van der Waals surface area (Å²) in [5.74, 6) is 0.852. The van der Waals surface area contributed by atoms with Gasteiger partial charge in [-0.05, 0) is 36.5 Å². The minimum atomic E-state index is -0.427. The lowest BCUT2D eigenvalue weighted by molar-refractivity contribution is -0.385. The van der Waals surface area contributed by atoms with E-state index in [-0.39, 0.29) is 5.69 Å². The van der Waals surface area contributed by atoms with Crippen molar-refractivity contribution in [3.05, 3.63) is 64.2 Å². The minimum absolute atomic E-state index is 0.00535. The maximum absolute atomic E-state index is 11.2. The van der Waals surface area contributed by atoms with Crippen LogP contribution >= 0.6 is 23.5 Å². The molecule has 0 aliphatic heterocycles. The topological polar surface area (TPSA) is 91.3 Å². The van der Waals surface area contributed by atoms with Gasteiger partial charge in [-0.2, -0.15) is 5.26 Å². The highest BCUT2D eigenvalue weighted by atomic mass is 32.2. The SMILES string of the molecule is CSC(=Nc1cc(SCCCc2ccccc2)cc([N+](=O)[O-])c1)NC#N. The van der Waals surface area contributed by atoms with E-state index in [1.54, 1.807) is 30.2 Å². The number of aryl methyl sites for hydroxylation is 1. The molecule has 1 N–H and O–H groups in total. The number of non-ortho nitro benzene ring substituents is 1. The third kappa shape index (κ3) is 6.43. The fourth-order valence-corrected chi connectivity index (χ4v) is 3.50. The van der Waals surface area contributed by atoms with Gasteiger partial charge < -0.3 is 0 Å². The summed E-state index contributed by atoms with van der Waals surface area (Å²) in [6.45, 7) is 0. The van der Waals surface area contributed by atoms with E-state index in [1.165, 1.54) is 23.4 Å². The van der Waals surface area contributed by atoms with Crippen LogP contribution in [0.4, 0.5) is 11.4 Å². The highest BCUT2D eigenvalue weighted by Crippen LogP contribution is 2.30. The van der Waals surface area contributed by atoms with Crippen LogP contribution in [0.1, 0.15) is 12.0 Å². The molecule has 2 aromatic rings. The summed E-state index contributed by atoms with van der Waals surface area (Å²) in [6, 6.07) is 15.0. The molecular weight excluding hydrogens is 368 g/mol. The fourth-order valence-electron chi connectivity index (χ4n) is 2.22. The van der Waals surface area contributed by atoms with Crippen molar-refractivity contribution in [2.75, 3.05) is 12.0 Å². The fraction of sp³-hybridized carbons (Fsp3) is 0.222. The van der Waals surface area contributed by atoms with Gasteiger partial charge in [0.05, 0.1) is 10.6 Å². The van der Waals surface area contributed by atoms with E-state index in [9.17, 15) is 10.1 Å². The lowest BCUT2D eigenvalue weighted by Gasteiger charge is -2.05. The number of hydrogen-bond donors (Lipinski definition) is 1. The molecule has 0 heterocycles. The summed E-state index contributed by atoms with van der Waals surface area (Å²) in [5, 5.41) is 22.7. The Bertz CT molecular complexity index is 820. The van der Waals surface area contributed by atoms with E-state index < -0.39 is 4.92 Å². The molecule has 0 amide bonds. The Hall–Kier alpha value is -2.50. The maximum Gasteiger partial charge on any atom is 0.272 e. The largest absolute Gasteiger partial charge is 0.272 e. The summed E-state index contributed by atoms with van der Waals surface area (Å²) in [5.41, 5.74) is 1.73. The van der Waals surface area contributed by atoms with E-state index in [4.69, 9.17) is 5.26 Å². The lowest BCUT2D eigenvalue weighted by atomic mass is 10.1. The summed E-state index contributed by atoms with van der Waals surface area (Å²) in [7, 11) is 0. The second kappa shape index (κ2) is 10.5. The zero-order valence-electron chi connectivity index (χ0n) is 14.2. The van der Waals surface area contributed by atoms with Gasteiger partial charge in [0.1, 0.15) is 0 Å². The highest BCUT2D eigenvalue weighted by Gasteiger charge is 2.11. The third-order valence-corrected chi connectivity index (χ3v) is 5.04. The molecule has 134 valence electrons. The number of nitriles is 1. The lowest BCUT2D eigenvalue weighted by Crippen LogP contribution is -2.12. The number of nitrogens with zero attached hydrogens (tertiary/aromatic N) is 3. The molecule has 0 saturated carbocycles. The van der Waals surface area contributed by atoms with Crippen LogP contribution < -0.4 is 5.32 Å². The van der Waals surface area contributed by atoms with Crippen molar-refractivity contribution >= 4 is 40.1 Å².